The fourth-order valence-corrected chi connectivity index (χ4v) is 3.43. The minimum atomic E-state index is 0.0430. The van der Waals surface area contributed by atoms with Crippen LogP contribution in [-0.2, 0) is 4.74 Å². The molecule has 0 spiro atoms. The lowest BCUT2D eigenvalue weighted by Crippen LogP contribution is -2.51. The van der Waals surface area contributed by atoms with Gasteiger partial charge in [0.25, 0.3) is 0 Å². The summed E-state index contributed by atoms with van der Waals surface area (Å²) in [6, 6.07) is 0.992. The summed E-state index contributed by atoms with van der Waals surface area (Å²) in [5.41, 5.74) is 0. The van der Waals surface area contributed by atoms with E-state index in [1.165, 1.54) is 0 Å². The van der Waals surface area contributed by atoms with Crippen LogP contribution in [0.15, 0.2) is 12.4 Å². The van der Waals surface area contributed by atoms with Gasteiger partial charge in [-0.2, -0.15) is 15.0 Å². The number of carbonyl (C=O) groups is 1. The van der Waals surface area contributed by atoms with Crippen molar-refractivity contribution in [1.82, 2.24) is 25.2 Å². The average molecular weight is 279 g/mol. The predicted molar refractivity (Wildman–Crippen MR) is 72.2 cm³/mol. The van der Waals surface area contributed by atoms with Crippen molar-refractivity contribution in [3.8, 4) is 0 Å². The molecule has 3 heterocycles. The minimum Gasteiger partial charge on any atom is -0.383 e. The smallest absolute Gasteiger partial charge is 0.317 e. The van der Waals surface area contributed by atoms with Gasteiger partial charge in [0, 0.05) is 25.7 Å². The lowest BCUT2D eigenvalue weighted by atomic mass is 9.98. The molecule has 1 aromatic rings. The highest BCUT2D eigenvalue weighted by molar-refractivity contribution is 5.75. The maximum atomic E-state index is 12.2. The van der Waals surface area contributed by atoms with Crippen LogP contribution < -0.4 is 5.32 Å². The molecule has 110 valence electrons. The molecule has 2 saturated heterocycles. The Hall–Kier alpha value is -1.63. The Morgan fingerprint density at radius 3 is 2.50 bits per heavy atom. The van der Waals surface area contributed by atoms with Gasteiger partial charge in [0.1, 0.15) is 0 Å². The number of hydrogen-bond donors (Lipinski definition) is 1. The summed E-state index contributed by atoms with van der Waals surface area (Å²) in [6.07, 6.45) is 7.49. The van der Waals surface area contributed by atoms with E-state index in [0.29, 0.717) is 31.3 Å². The second-order valence-corrected chi connectivity index (χ2v) is 5.49. The molecule has 2 aliphatic rings. The molecule has 20 heavy (non-hydrogen) atoms. The van der Waals surface area contributed by atoms with E-state index in [-0.39, 0.29) is 6.03 Å². The number of aromatic nitrogens is 3. The molecular formula is C13H21N5O2. The Labute approximate surface area is 118 Å². The van der Waals surface area contributed by atoms with Crippen LogP contribution in [0.1, 0.15) is 31.7 Å². The van der Waals surface area contributed by atoms with Gasteiger partial charge >= 0.3 is 6.03 Å². The number of urea groups is 1. The summed E-state index contributed by atoms with van der Waals surface area (Å²) in [4.78, 5) is 16.1. The van der Waals surface area contributed by atoms with E-state index in [4.69, 9.17) is 4.74 Å². The zero-order chi connectivity index (χ0) is 13.9. The first kappa shape index (κ1) is 13.4. The zero-order valence-corrected chi connectivity index (χ0v) is 11.7. The highest BCUT2D eigenvalue weighted by Gasteiger charge is 2.44. The van der Waals surface area contributed by atoms with E-state index >= 15 is 0 Å². The van der Waals surface area contributed by atoms with Gasteiger partial charge in [-0.05, 0) is 25.7 Å². The highest BCUT2D eigenvalue weighted by atomic mass is 16.5. The monoisotopic (exact) mass is 279 g/mol. The molecule has 0 radical (unpaired) electrons. The third-order valence-corrected chi connectivity index (χ3v) is 4.29. The van der Waals surface area contributed by atoms with Crippen molar-refractivity contribution >= 4 is 6.03 Å². The van der Waals surface area contributed by atoms with Crippen LogP contribution in [0.25, 0.3) is 0 Å². The number of fused-ring (bicyclic) bond motifs is 2. The second-order valence-electron chi connectivity index (χ2n) is 5.49. The SMILES string of the molecule is COCCNC(=O)N1C2CCC1CC(n1nccn1)C2. The van der Waals surface area contributed by atoms with Gasteiger partial charge in [-0.3, -0.25) is 0 Å². The van der Waals surface area contributed by atoms with Crippen LogP contribution in [0.2, 0.25) is 0 Å². The van der Waals surface area contributed by atoms with E-state index in [2.05, 4.69) is 15.5 Å². The van der Waals surface area contributed by atoms with Crippen LogP contribution in [-0.4, -0.2) is 58.3 Å². The lowest BCUT2D eigenvalue weighted by Gasteiger charge is -2.38. The first-order valence-electron chi connectivity index (χ1n) is 7.20. The maximum Gasteiger partial charge on any atom is 0.317 e. The summed E-state index contributed by atoms with van der Waals surface area (Å²) in [7, 11) is 1.64. The van der Waals surface area contributed by atoms with Crippen molar-refractivity contribution in [3.63, 3.8) is 0 Å². The fourth-order valence-electron chi connectivity index (χ4n) is 3.43. The molecule has 2 fully saturated rings. The third-order valence-electron chi connectivity index (χ3n) is 4.29. The van der Waals surface area contributed by atoms with Crippen molar-refractivity contribution < 1.29 is 9.53 Å². The quantitative estimate of drug-likeness (QED) is 0.828. The Morgan fingerprint density at radius 2 is 1.90 bits per heavy atom. The molecule has 7 nitrogen and oxygen atoms in total. The molecule has 1 N–H and O–H groups in total. The summed E-state index contributed by atoms with van der Waals surface area (Å²) in [6.45, 7) is 1.12. The van der Waals surface area contributed by atoms with Crippen molar-refractivity contribution in [3.05, 3.63) is 12.4 Å². The summed E-state index contributed by atoms with van der Waals surface area (Å²) in [5.74, 6) is 0. The Morgan fingerprint density at radius 1 is 1.25 bits per heavy atom. The molecule has 2 unspecified atom stereocenters. The van der Waals surface area contributed by atoms with Crippen LogP contribution >= 0.6 is 0 Å². The Bertz CT molecular complexity index is 436. The van der Waals surface area contributed by atoms with Crippen molar-refractivity contribution in [2.24, 2.45) is 0 Å². The van der Waals surface area contributed by atoms with Crippen molar-refractivity contribution in [2.45, 2.75) is 43.8 Å². The summed E-state index contributed by atoms with van der Waals surface area (Å²) >= 11 is 0. The summed E-state index contributed by atoms with van der Waals surface area (Å²) in [5, 5.41) is 11.4. The number of ether oxygens (including phenoxy) is 1. The first-order valence-corrected chi connectivity index (χ1v) is 7.20. The number of rotatable bonds is 4. The first-order chi connectivity index (χ1) is 9.79. The normalized spacial score (nSPS) is 28.6. The van der Waals surface area contributed by atoms with Crippen LogP contribution in [0.3, 0.4) is 0 Å². The van der Waals surface area contributed by atoms with Gasteiger partial charge in [0.15, 0.2) is 0 Å². The van der Waals surface area contributed by atoms with E-state index in [1.54, 1.807) is 24.3 Å². The van der Waals surface area contributed by atoms with Gasteiger partial charge in [0.2, 0.25) is 0 Å². The standard InChI is InChI=1S/C13H21N5O2/c1-20-7-6-14-13(19)17-10-2-3-11(17)9-12(8-10)18-15-4-5-16-18/h4-5,10-12H,2-3,6-9H2,1H3,(H,14,19). The molecule has 0 aromatic carbocycles. The van der Waals surface area contributed by atoms with Gasteiger partial charge in [-0.15, -0.1) is 0 Å². The van der Waals surface area contributed by atoms with E-state index < -0.39 is 0 Å². The van der Waals surface area contributed by atoms with Gasteiger partial charge < -0.3 is 15.0 Å². The van der Waals surface area contributed by atoms with Crippen LogP contribution in [0.4, 0.5) is 4.79 Å². The third kappa shape index (κ3) is 2.49. The lowest BCUT2D eigenvalue weighted by molar-refractivity contribution is 0.113. The number of hydrogen-bond acceptors (Lipinski definition) is 4. The highest BCUT2D eigenvalue weighted by Crippen LogP contribution is 2.40. The molecule has 2 aliphatic heterocycles. The molecule has 0 aliphatic carbocycles. The largest absolute Gasteiger partial charge is 0.383 e. The molecule has 2 bridgehead atoms. The number of carbonyl (C=O) groups excluding carboxylic acids is 1. The molecule has 0 saturated carbocycles. The number of piperidine rings is 1. The Kier molecular flexibility index (Phi) is 3.86. The fraction of sp³-hybridized carbons (Fsp3) is 0.769. The topological polar surface area (TPSA) is 72.3 Å². The van der Waals surface area contributed by atoms with Gasteiger partial charge in [-0.1, -0.05) is 0 Å². The molecule has 7 heteroatoms. The molecule has 2 atom stereocenters. The predicted octanol–water partition coefficient (Wildman–Crippen LogP) is 0.802. The Balaban J connectivity index is 1.61. The minimum absolute atomic E-state index is 0.0430. The summed E-state index contributed by atoms with van der Waals surface area (Å²) < 4.78 is 4.96. The van der Waals surface area contributed by atoms with Crippen LogP contribution in [0.5, 0.6) is 0 Å². The average Bonchev–Trinajstić information content (AvgIpc) is 3.06. The second kappa shape index (κ2) is 5.78. The molecular weight excluding hydrogens is 258 g/mol. The van der Waals surface area contributed by atoms with Crippen molar-refractivity contribution in [1.29, 1.82) is 0 Å². The van der Waals surface area contributed by atoms with E-state index in [1.807, 2.05) is 4.90 Å². The molecule has 1 aromatic heterocycles. The van der Waals surface area contributed by atoms with Gasteiger partial charge in [0.05, 0.1) is 25.0 Å². The van der Waals surface area contributed by atoms with Gasteiger partial charge in [-0.25, -0.2) is 4.79 Å². The number of methoxy groups -OCH3 is 1. The number of amides is 2. The van der Waals surface area contributed by atoms with E-state index in [0.717, 1.165) is 25.7 Å². The maximum absolute atomic E-state index is 12.2. The number of nitrogens with zero attached hydrogens (tertiary/aromatic N) is 4. The molecule has 2 amide bonds. The van der Waals surface area contributed by atoms with E-state index in [9.17, 15) is 4.79 Å². The van der Waals surface area contributed by atoms with Crippen molar-refractivity contribution in [2.75, 3.05) is 20.3 Å². The van der Waals surface area contributed by atoms with Crippen LogP contribution in [0, 0.1) is 0 Å². The molecule has 3 rings (SSSR count). The zero-order valence-electron chi connectivity index (χ0n) is 11.7. The number of nitrogens with one attached hydrogen (secondary N) is 1.